The maximum Gasteiger partial charge on any atom is 0.261 e. The van der Waals surface area contributed by atoms with E-state index in [0.29, 0.717) is 16.5 Å². The normalized spacial score (nSPS) is 17.2. The summed E-state index contributed by atoms with van der Waals surface area (Å²) in [4.78, 5) is 26.0. The fourth-order valence-corrected chi connectivity index (χ4v) is 2.61. The predicted octanol–water partition coefficient (Wildman–Crippen LogP) is 1.18. The van der Waals surface area contributed by atoms with Gasteiger partial charge in [-0.3, -0.25) is 14.5 Å². The molecule has 2 aromatic carbocycles. The zero-order valence-electron chi connectivity index (χ0n) is 11.5. The van der Waals surface area contributed by atoms with Crippen molar-refractivity contribution in [3.8, 4) is 0 Å². The summed E-state index contributed by atoms with van der Waals surface area (Å²) in [6.45, 7) is 0.608. The second-order valence-corrected chi connectivity index (χ2v) is 5.56. The molecular formula is C16H15NO4. The van der Waals surface area contributed by atoms with E-state index < -0.39 is 24.0 Å². The Bertz CT molecular complexity index is 700. The van der Waals surface area contributed by atoms with Crippen LogP contribution in [0.1, 0.15) is 27.6 Å². The zero-order valence-corrected chi connectivity index (χ0v) is 11.5. The number of rotatable bonds is 3. The lowest BCUT2D eigenvalue weighted by Gasteiger charge is -2.32. The van der Waals surface area contributed by atoms with Crippen molar-refractivity contribution in [2.45, 2.75) is 12.5 Å². The molecule has 1 aliphatic heterocycles. The molecule has 2 amide bonds. The minimum Gasteiger partial charge on any atom is -0.393 e. The van der Waals surface area contributed by atoms with Crippen LogP contribution in [0.2, 0.25) is 0 Å². The first kappa shape index (κ1) is 13.7. The Morgan fingerprint density at radius 2 is 1.57 bits per heavy atom. The molecule has 1 unspecified atom stereocenters. The van der Waals surface area contributed by atoms with Gasteiger partial charge in [0.25, 0.3) is 11.8 Å². The van der Waals surface area contributed by atoms with E-state index in [9.17, 15) is 14.7 Å². The van der Waals surface area contributed by atoms with Gasteiger partial charge in [-0.1, -0.05) is 24.3 Å². The number of imide groups is 1. The molecule has 0 aliphatic carbocycles. The highest BCUT2D eigenvalue weighted by Gasteiger charge is 2.36. The Labute approximate surface area is 121 Å². The molecule has 5 nitrogen and oxygen atoms in total. The quantitative estimate of drug-likeness (QED) is 0.830. The first-order valence-electron chi connectivity index (χ1n) is 6.66. The van der Waals surface area contributed by atoms with Gasteiger partial charge in [0.15, 0.2) is 0 Å². The first-order valence-corrected chi connectivity index (χ1v) is 6.66. The van der Waals surface area contributed by atoms with Gasteiger partial charge in [0.1, 0.15) is 5.60 Å². The van der Waals surface area contributed by atoms with Crippen LogP contribution < -0.4 is 0 Å². The Morgan fingerprint density at radius 3 is 2.05 bits per heavy atom. The summed E-state index contributed by atoms with van der Waals surface area (Å²) in [5.41, 5.74) is -0.640. The van der Waals surface area contributed by atoms with Crippen LogP contribution in [0.5, 0.6) is 0 Å². The Morgan fingerprint density at radius 1 is 1.05 bits per heavy atom. The molecule has 1 heterocycles. The number of nitrogens with zero attached hydrogens (tertiary/aromatic N) is 1. The van der Waals surface area contributed by atoms with Gasteiger partial charge in [-0.05, 0) is 24.4 Å². The van der Waals surface area contributed by atoms with Crippen molar-refractivity contribution in [1.82, 2.24) is 4.90 Å². The van der Waals surface area contributed by atoms with Crippen molar-refractivity contribution in [2.24, 2.45) is 0 Å². The third-order valence-corrected chi connectivity index (χ3v) is 3.70. The molecule has 3 rings (SSSR count). The fraction of sp³-hybridized carbons (Fsp3) is 0.250. The second kappa shape index (κ2) is 4.65. The maximum atomic E-state index is 12.5. The number of hydrogen-bond acceptors (Lipinski definition) is 4. The molecule has 0 radical (unpaired) electrons. The van der Waals surface area contributed by atoms with Gasteiger partial charge in [0.2, 0.25) is 0 Å². The van der Waals surface area contributed by atoms with E-state index in [1.54, 1.807) is 24.3 Å². The van der Waals surface area contributed by atoms with Crippen LogP contribution in [0.25, 0.3) is 10.8 Å². The van der Waals surface area contributed by atoms with E-state index in [4.69, 9.17) is 5.11 Å². The number of amides is 2. The predicted molar refractivity (Wildman–Crippen MR) is 77.0 cm³/mol. The molecule has 1 atom stereocenters. The number of aliphatic hydroxyl groups excluding tert-OH is 1. The summed E-state index contributed by atoms with van der Waals surface area (Å²) in [6.07, 6.45) is 0. The van der Waals surface area contributed by atoms with Crippen molar-refractivity contribution in [3.63, 3.8) is 0 Å². The van der Waals surface area contributed by atoms with Crippen LogP contribution in [-0.2, 0) is 0 Å². The standard InChI is InChI=1S/C16H15NO4/c1-16(21,9-18)8-17-14(19)11-6-2-4-10-5-3-7-12(13(10)11)15(17)20/h2-7,18,21H,8-9H2,1H3. The minimum absolute atomic E-state index is 0.244. The van der Waals surface area contributed by atoms with Crippen molar-refractivity contribution in [1.29, 1.82) is 0 Å². The Kier molecular flexibility index (Phi) is 3.04. The van der Waals surface area contributed by atoms with Gasteiger partial charge >= 0.3 is 0 Å². The van der Waals surface area contributed by atoms with Crippen LogP contribution >= 0.6 is 0 Å². The van der Waals surface area contributed by atoms with Crippen LogP contribution in [0, 0.1) is 0 Å². The summed E-state index contributed by atoms with van der Waals surface area (Å²) < 4.78 is 0. The molecule has 0 bridgehead atoms. The monoisotopic (exact) mass is 285 g/mol. The lowest BCUT2D eigenvalue weighted by atomic mass is 9.93. The number of β-amino-alcohol motifs (C(OH)–C–C–N with tert-alkyl or cyclic N) is 1. The highest BCUT2D eigenvalue weighted by atomic mass is 16.3. The SMILES string of the molecule is CC(O)(CO)CN1C(=O)c2cccc3cccc(c23)C1=O. The molecule has 108 valence electrons. The van der Waals surface area contributed by atoms with Gasteiger partial charge in [-0.25, -0.2) is 0 Å². The average Bonchev–Trinajstić information content (AvgIpc) is 2.49. The van der Waals surface area contributed by atoms with Crippen molar-refractivity contribution in [2.75, 3.05) is 13.2 Å². The molecule has 0 saturated carbocycles. The molecule has 1 aliphatic rings. The van der Waals surface area contributed by atoms with Crippen LogP contribution in [0.15, 0.2) is 36.4 Å². The second-order valence-electron chi connectivity index (χ2n) is 5.56. The van der Waals surface area contributed by atoms with E-state index in [2.05, 4.69) is 0 Å². The fourth-order valence-electron chi connectivity index (χ4n) is 2.61. The lowest BCUT2D eigenvalue weighted by Crippen LogP contribution is -2.50. The Hall–Kier alpha value is -2.24. The first-order chi connectivity index (χ1) is 9.94. The molecule has 5 heteroatoms. The molecule has 2 N–H and O–H groups in total. The van der Waals surface area contributed by atoms with Gasteiger partial charge in [-0.2, -0.15) is 0 Å². The van der Waals surface area contributed by atoms with Crippen molar-refractivity contribution < 1.29 is 19.8 Å². The summed E-state index contributed by atoms with van der Waals surface area (Å²) in [7, 11) is 0. The molecular weight excluding hydrogens is 270 g/mol. The molecule has 0 fully saturated rings. The zero-order chi connectivity index (χ0) is 15.2. The molecule has 0 aromatic heterocycles. The molecule has 2 aromatic rings. The van der Waals surface area contributed by atoms with Crippen LogP contribution in [0.4, 0.5) is 0 Å². The topological polar surface area (TPSA) is 77.8 Å². The minimum atomic E-state index is -1.52. The van der Waals surface area contributed by atoms with E-state index in [0.717, 1.165) is 10.3 Å². The third kappa shape index (κ3) is 2.11. The summed E-state index contributed by atoms with van der Waals surface area (Å²) in [6, 6.07) is 10.6. The Balaban J connectivity index is 2.15. The van der Waals surface area contributed by atoms with Crippen LogP contribution in [0.3, 0.4) is 0 Å². The largest absolute Gasteiger partial charge is 0.393 e. The number of carbonyl (C=O) groups excluding carboxylic acids is 2. The molecule has 0 spiro atoms. The maximum absolute atomic E-state index is 12.5. The van der Waals surface area contributed by atoms with E-state index in [1.807, 2.05) is 12.1 Å². The highest BCUT2D eigenvalue weighted by molar-refractivity contribution is 6.25. The van der Waals surface area contributed by atoms with Gasteiger partial charge in [0.05, 0.1) is 13.2 Å². The van der Waals surface area contributed by atoms with Gasteiger partial charge in [0, 0.05) is 16.5 Å². The third-order valence-electron chi connectivity index (χ3n) is 3.70. The molecule has 21 heavy (non-hydrogen) atoms. The highest BCUT2D eigenvalue weighted by Crippen LogP contribution is 2.30. The summed E-state index contributed by atoms with van der Waals surface area (Å²) >= 11 is 0. The summed E-state index contributed by atoms with van der Waals surface area (Å²) in [5.74, 6) is -0.893. The van der Waals surface area contributed by atoms with Gasteiger partial charge < -0.3 is 10.2 Å². The molecule has 0 saturated heterocycles. The van der Waals surface area contributed by atoms with Crippen molar-refractivity contribution in [3.05, 3.63) is 47.5 Å². The van der Waals surface area contributed by atoms with E-state index in [-0.39, 0.29) is 6.54 Å². The number of benzene rings is 2. The number of aliphatic hydroxyl groups is 2. The number of carbonyl (C=O) groups is 2. The van der Waals surface area contributed by atoms with Crippen LogP contribution in [-0.4, -0.2) is 45.7 Å². The van der Waals surface area contributed by atoms with E-state index >= 15 is 0 Å². The van der Waals surface area contributed by atoms with Crippen molar-refractivity contribution >= 4 is 22.6 Å². The van der Waals surface area contributed by atoms with E-state index in [1.165, 1.54) is 6.92 Å². The summed E-state index contributed by atoms with van der Waals surface area (Å²) in [5, 5.41) is 20.6. The lowest BCUT2D eigenvalue weighted by molar-refractivity contribution is -0.0188. The van der Waals surface area contributed by atoms with Gasteiger partial charge in [-0.15, -0.1) is 0 Å². The number of hydrogen-bond donors (Lipinski definition) is 2. The average molecular weight is 285 g/mol. The smallest absolute Gasteiger partial charge is 0.261 e.